The zero-order valence-corrected chi connectivity index (χ0v) is 10.3. The minimum atomic E-state index is -0.396. The molecule has 80 valence electrons. The molecule has 0 heterocycles. The topological polar surface area (TPSA) is 43.4 Å². The van der Waals surface area contributed by atoms with Gasteiger partial charge >= 0.3 is 5.97 Å². The first-order chi connectivity index (χ1) is 7.08. The van der Waals surface area contributed by atoms with Crippen LogP contribution in [0.15, 0.2) is 16.6 Å². The van der Waals surface area contributed by atoms with Gasteiger partial charge in [0.25, 0.3) is 0 Å². The summed E-state index contributed by atoms with van der Waals surface area (Å²) in [6.45, 7) is 0. The molecule has 1 aromatic rings. The van der Waals surface area contributed by atoms with Gasteiger partial charge in [0, 0.05) is 10.0 Å². The predicted octanol–water partition coefficient (Wildman–Crippen LogP) is 2.63. The number of halogens is 2. The molecule has 0 aliphatic rings. The molecule has 0 aliphatic carbocycles. The largest absolute Gasteiger partial charge is 0.469 e. The fourth-order valence-electron chi connectivity index (χ4n) is 1.09. The van der Waals surface area contributed by atoms with Crippen molar-refractivity contribution in [3.8, 4) is 0 Å². The van der Waals surface area contributed by atoms with E-state index in [1.54, 1.807) is 6.07 Å². The summed E-state index contributed by atoms with van der Waals surface area (Å²) in [4.78, 5) is 21.8. The third-order valence-corrected chi connectivity index (χ3v) is 3.07. The number of methoxy groups -OCH3 is 1. The summed E-state index contributed by atoms with van der Waals surface area (Å²) in [6.07, 6.45) is 0.719. The van der Waals surface area contributed by atoms with Crippen LogP contribution in [0.25, 0.3) is 0 Å². The van der Waals surface area contributed by atoms with Crippen LogP contribution in [0.4, 0.5) is 0 Å². The van der Waals surface area contributed by atoms with E-state index in [4.69, 9.17) is 11.6 Å². The maximum absolute atomic E-state index is 11.1. The molecule has 0 aromatic heterocycles. The van der Waals surface area contributed by atoms with Crippen molar-refractivity contribution in [3.05, 3.63) is 32.8 Å². The Hall–Kier alpha value is -0.870. The van der Waals surface area contributed by atoms with E-state index in [9.17, 15) is 9.59 Å². The van der Waals surface area contributed by atoms with E-state index in [0.717, 1.165) is 0 Å². The molecular formula is C10H8BrClO3. The first-order valence-electron chi connectivity index (χ1n) is 4.08. The Balaban J connectivity index is 3.10. The lowest BCUT2D eigenvalue weighted by Gasteiger charge is -2.05. The second kappa shape index (κ2) is 5.28. The molecule has 0 spiro atoms. The van der Waals surface area contributed by atoms with Crippen molar-refractivity contribution in [3.63, 3.8) is 0 Å². The molecule has 0 fully saturated rings. The molecule has 0 aliphatic heterocycles. The van der Waals surface area contributed by atoms with E-state index in [2.05, 4.69) is 20.7 Å². The molecule has 0 atom stereocenters. The minimum absolute atomic E-state index is 0.0559. The second-order valence-corrected chi connectivity index (χ2v) is 4.10. The van der Waals surface area contributed by atoms with Gasteiger partial charge in [0.15, 0.2) is 0 Å². The number of benzene rings is 1. The second-order valence-electron chi connectivity index (χ2n) is 2.84. The first-order valence-corrected chi connectivity index (χ1v) is 5.25. The highest BCUT2D eigenvalue weighted by molar-refractivity contribution is 9.10. The third-order valence-electron chi connectivity index (χ3n) is 1.87. The van der Waals surface area contributed by atoms with Crippen LogP contribution in [0.5, 0.6) is 0 Å². The van der Waals surface area contributed by atoms with Crippen molar-refractivity contribution in [1.29, 1.82) is 0 Å². The summed E-state index contributed by atoms with van der Waals surface area (Å²) >= 11 is 9.03. The highest BCUT2D eigenvalue weighted by atomic mass is 79.9. The molecule has 0 radical (unpaired) electrons. The minimum Gasteiger partial charge on any atom is -0.469 e. The van der Waals surface area contributed by atoms with Crippen molar-refractivity contribution in [2.75, 3.05) is 7.11 Å². The number of carbonyl (C=O) groups is 2. The van der Waals surface area contributed by atoms with Crippen molar-refractivity contribution >= 4 is 39.8 Å². The lowest BCUT2D eigenvalue weighted by Crippen LogP contribution is -2.06. The monoisotopic (exact) mass is 290 g/mol. The average Bonchev–Trinajstić information content (AvgIpc) is 2.22. The molecule has 0 saturated heterocycles. The van der Waals surface area contributed by atoms with Crippen LogP contribution in [-0.4, -0.2) is 19.4 Å². The number of hydrogen-bond acceptors (Lipinski definition) is 3. The van der Waals surface area contributed by atoms with E-state index in [1.807, 2.05) is 0 Å². The summed E-state index contributed by atoms with van der Waals surface area (Å²) in [5.74, 6) is -0.396. The van der Waals surface area contributed by atoms with Crippen molar-refractivity contribution in [2.24, 2.45) is 0 Å². The normalized spacial score (nSPS) is 9.80. The van der Waals surface area contributed by atoms with Gasteiger partial charge in [-0.15, -0.1) is 0 Å². The third kappa shape index (κ3) is 3.04. The molecular weight excluding hydrogens is 283 g/mol. The van der Waals surface area contributed by atoms with Gasteiger partial charge < -0.3 is 4.74 Å². The number of hydrogen-bond donors (Lipinski definition) is 0. The van der Waals surface area contributed by atoms with Crippen molar-refractivity contribution < 1.29 is 14.3 Å². The van der Waals surface area contributed by atoms with Crippen LogP contribution in [0.1, 0.15) is 15.9 Å². The van der Waals surface area contributed by atoms with Crippen molar-refractivity contribution in [2.45, 2.75) is 6.42 Å². The molecule has 1 rings (SSSR count). The highest BCUT2D eigenvalue weighted by Gasteiger charge is 2.10. The summed E-state index contributed by atoms with van der Waals surface area (Å²) in [6, 6.07) is 3.15. The molecule has 0 bridgehead atoms. The van der Waals surface area contributed by atoms with Gasteiger partial charge in [-0.2, -0.15) is 0 Å². The number of esters is 1. The zero-order chi connectivity index (χ0) is 11.4. The number of carbonyl (C=O) groups excluding carboxylic acids is 2. The molecule has 1 aromatic carbocycles. The van der Waals surface area contributed by atoms with E-state index in [0.29, 0.717) is 26.9 Å². The maximum Gasteiger partial charge on any atom is 0.310 e. The molecule has 15 heavy (non-hydrogen) atoms. The number of aldehydes is 1. The summed E-state index contributed by atoms with van der Waals surface area (Å²) in [5.41, 5.74) is 0.988. The van der Waals surface area contributed by atoms with Crippen LogP contribution < -0.4 is 0 Å². The Morgan fingerprint density at radius 3 is 2.80 bits per heavy atom. The van der Waals surface area contributed by atoms with Gasteiger partial charge in [-0.25, -0.2) is 0 Å². The fraction of sp³-hybridized carbons (Fsp3) is 0.200. The molecule has 3 nitrogen and oxygen atoms in total. The van der Waals surface area contributed by atoms with Gasteiger partial charge in [-0.3, -0.25) is 9.59 Å². The number of ether oxygens (including phenoxy) is 1. The quantitative estimate of drug-likeness (QED) is 0.635. The summed E-state index contributed by atoms with van der Waals surface area (Å²) < 4.78 is 5.17. The Bertz CT molecular complexity index is 404. The Morgan fingerprint density at radius 2 is 2.27 bits per heavy atom. The zero-order valence-electron chi connectivity index (χ0n) is 7.92. The Labute approximate surface area is 100 Å². The van der Waals surface area contributed by atoms with Crippen LogP contribution in [-0.2, 0) is 16.0 Å². The fourth-order valence-corrected chi connectivity index (χ4v) is 1.66. The van der Waals surface area contributed by atoms with Crippen LogP contribution in [0, 0.1) is 0 Å². The smallest absolute Gasteiger partial charge is 0.310 e. The average molecular weight is 292 g/mol. The number of rotatable bonds is 3. The van der Waals surface area contributed by atoms with Crippen LogP contribution in [0.3, 0.4) is 0 Å². The standard InChI is InChI=1S/C10H8BrClO3/c1-15-10(14)4-6-2-8(11)9(12)3-7(6)5-13/h2-3,5H,4H2,1H3. The summed E-state index contributed by atoms with van der Waals surface area (Å²) in [5, 5.41) is 0.436. The Kier molecular flexibility index (Phi) is 4.29. The lowest BCUT2D eigenvalue weighted by atomic mass is 10.1. The molecule has 0 amide bonds. The van der Waals surface area contributed by atoms with E-state index in [-0.39, 0.29) is 6.42 Å². The first kappa shape index (κ1) is 12.2. The van der Waals surface area contributed by atoms with Crippen LogP contribution >= 0.6 is 27.5 Å². The predicted molar refractivity (Wildman–Crippen MR) is 60.3 cm³/mol. The van der Waals surface area contributed by atoms with E-state index in [1.165, 1.54) is 13.2 Å². The maximum atomic E-state index is 11.1. The van der Waals surface area contributed by atoms with Gasteiger partial charge in [0.05, 0.1) is 18.6 Å². The lowest BCUT2D eigenvalue weighted by molar-refractivity contribution is -0.139. The summed E-state index contributed by atoms with van der Waals surface area (Å²) in [7, 11) is 1.30. The van der Waals surface area contributed by atoms with E-state index < -0.39 is 5.97 Å². The molecule has 0 saturated carbocycles. The van der Waals surface area contributed by atoms with Gasteiger partial charge in [0.2, 0.25) is 0 Å². The molecule has 0 unspecified atom stereocenters. The highest BCUT2D eigenvalue weighted by Crippen LogP contribution is 2.26. The Morgan fingerprint density at radius 1 is 1.60 bits per heavy atom. The van der Waals surface area contributed by atoms with E-state index >= 15 is 0 Å². The van der Waals surface area contributed by atoms with Crippen molar-refractivity contribution in [1.82, 2.24) is 0 Å². The van der Waals surface area contributed by atoms with Gasteiger partial charge in [0.1, 0.15) is 6.29 Å². The van der Waals surface area contributed by atoms with Gasteiger partial charge in [-0.05, 0) is 33.6 Å². The molecule has 0 N–H and O–H groups in total. The SMILES string of the molecule is COC(=O)Cc1cc(Br)c(Cl)cc1C=O. The molecule has 5 heteroatoms. The van der Waals surface area contributed by atoms with Gasteiger partial charge in [-0.1, -0.05) is 11.6 Å². The van der Waals surface area contributed by atoms with Crippen LogP contribution in [0.2, 0.25) is 5.02 Å².